The summed E-state index contributed by atoms with van der Waals surface area (Å²) < 4.78 is 11.6. The number of aliphatic hydroxyl groups is 1. The summed E-state index contributed by atoms with van der Waals surface area (Å²) in [6, 6.07) is 0. The van der Waals surface area contributed by atoms with Crippen LogP contribution in [0.4, 0.5) is 0 Å². The standard InChI is InChI=1S/C36H64O9/c1-3-5-7-9-11-13-15-17-19-21-28-30(44-28)23-25-35(33(39)40,36(43,34(41)42)27-32(37)38)26-24-31-29(45-31)22-20-18-16-14-12-10-8-6-4-2/h28-31,43H,3-27H2,1-2H3,(H,37,38)(H,39,40)(H,41,42). The topological polar surface area (TPSA) is 157 Å². The van der Waals surface area contributed by atoms with E-state index in [1.807, 2.05) is 0 Å². The van der Waals surface area contributed by atoms with E-state index in [1.165, 1.54) is 89.9 Å². The van der Waals surface area contributed by atoms with E-state index in [1.54, 1.807) is 0 Å². The Morgan fingerprint density at radius 1 is 0.511 bits per heavy atom. The molecule has 0 bridgehead atoms. The normalized spacial score (nSPS) is 23.3. The smallest absolute Gasteiger partial charge is 0.337 e. The summed E-state index contributed by atoms with van der Waals surface area (Å²) in [7, 11) is 0. The molecule has 0 aromatic carbocycles. The molecule has 262 valence electrons. The van der Waals surface area contributed by atoms with E-state index in [9.17, 15) is 34.8 Å². The quantitative estimate of drug-likeness (QED) is 0.0432. The minimum absolute atomic E-state index is 0.00549. The molecule has 5 atom stereocenters. The van der Waals surface area contributed by atoms with Crippen LogP contribution < -0.4 is 0 Å². The highest BCUT2D eigenvalue weighted by molar-refractivity contribution is 5.92. The fourth-order valence-electron chi connectivity index (χ4n) is 7.06. The lowest BCUT2D eigenvalue weighted by Crippen LogP contribution is -2.59. The average Bonchev–Trinajstić information content (AvgIpc) is 3.92. The molecule has 0 radical (unpaired) electrons. The minimum Gasteiger partial charge on any atom is -0.481 e. The molecule has 0 aromatic rings. The Morgan fingerprint density at radius 2 is 0.844 bits per heavy atom. The summed E-state index contributed by atoms with van der Waals surface area (Å²) in [6.45, 7) is 4.43. The van der Waals surface area contributed by atoms with E-state index in [0.29, 0.717) is 0 Å². The maximum absolute atomic E-state index is 12.8. The summed E-state index contributed by atoms with van der Waals surface area (Å²) in [5.41, 5.74) is -5.12. The van der Waals surface area contributed by atoms with Gasteiger partial charge in [-0.05, 0) is 38.5 Å². The van der Waals surface area contributed by atoms with Gasteiger partial charge in [0, 0.05) is 0 Å². The van der Waals surface area contributed by atoms with Gasteiger partial charge in [0.15, 0.2) is 5.60 Å². The molecule has 9 nitrogen and oxygen atoms in total. The first-order chi connectivity index (χ1) is 21.6. The van der Waals surface area contributed by atoms with Crippen molar-refractivity contribution in [1.82, 2.24) is 0 Å². The Labute approximate surface area is 271 Å². The predicted molar refractivity (Wildman–Crippen MR) is 174 cm³/mol. The Balaban J connectivity index is 1.83. The number of epoxide rings is 2. The van der Waals surface area contributed by atoms with Gasteiger partial charge in [-0.25, -0.2) is 4.79 Å². The number of hydrogen-bond donors (Lipinski definition) is 4. The highest BCUT2D eigenvalue weighted by Crippen LogP contribution is 2.48. The first kappa shape index (κ1) is 39.5. The fourth-order valence-corrected chi connectivity index (χ4v) is 7.06. The van der Waals surface area contributed by atoms with E-state index >= 15 is 0 Å². The van der Waals surface area contributed by atoms with Crippen molar-refractivity contribution in [2.24, 2.45) is 5.41 Å². The Hall–Kier alpha value is -1.71. The fraction of sp³-hybridized carbons (Fsp3) is 0.917. The Kier molecular flexibility index (Phi) is 18.6. The number of carbonyl (C=O) groups is 3. The van der Waals surface area contributed by atoms with Gasteiger partial charge in [-0.3, -0.25) is 9.59 Å². The number of hydrogen-bond acceptors (Lipinski definition) is 6. The molecular formula is C36H64O9. The van der Waals surface area contributed by atoms with Gasteiger partial charge in [0.05, 0.1) is 30.8 Å². The molecule has 2 fully saturated rings. The number of rotatable bonds is 31. The molecule has 5 unspecified atom stereocenters. The van der Waals surface area contributed by atoms with Crippen molar-refractivity contribution < 1.29 is 44.3 Å². The van der Waals surface area contributed by atoms with Crippen LogP contribution in [0.25, 0.3) is 0 Å². The molecule has 0 aliphatic carbocycles. The molecule has 0 saturated carbocycles. The van der Waals surface area contributed by atoms with E-state index in [4.69, 9.17) is 9.47 Å². The second-order valence-corrected chi connectivity index (χ2v) is 13.9. The van der Waals surface area contributed by atoms with Crippen molar-refractivity contribution in [1.29, 1.82) is 0 Å². The number of aliphatic carboxylic acids is 3. The summed E-state index contributed by atoms with van der Waals surface area (Å²) in [6.07, 6.45) is 22.4. The first-order valence-electron chi connectivity index (χ1n) is 18.3. The van der Waals surface area contributed by atoms with Crippen LogP contribution in [-0.2, 0) is 23.9 Å². The van der Waals surface area contributed by atoms with E-state index in [0.717, 1.165) is 38.5 Å². The number of carboxylic acids is 3. The molecule has 0 spiro atoms. The SMILES string of the molecule is CCCCCCCCCCCC1OC1CCC(CCC1OC1CCCCCCCCCCC)(C(=O)O)C(O)(CC(=O)O)C(=O)O. The highest BCUT2D eigenvalue weighted by Gasteiger charge is 2.62. The maximum Gasteiger partial charge on any atom is 0.337 e. The maximum atomic E-state index is 12.8. The first-order valence-corrected chi connectivity index (χ1v) is 18.3. The van der Waals surface area contributed by atoms with Crippen LogP contribution in [0.2, 0.25) is 0 Å². The molecule has 9 heteroatoms. The zero-order chi connectivity index (χ0) is 33.1. The predicted octanol–water partition coefficient (Wildman–Crippen LogP) is 8.28. The molecule has 2 saturated heterocycles. The lowest BCUT2D eigenvalue weighted by Gasteiger charge is -2.40. The molecule has 0 aromatic heterocycles. The largest absolute Gasteiger partial charge is 0.481 e. The van der Waals surface area contributed by atoms with E-state index < -0.39 is 35.3 Å². The Bertz CT molecular complexity index is 821. The zero-order valence-corrected chi connectivity index (χ0v) is 28.3. The van der Waals surface area contributed by atoms with Gasteiger partial charge < -0.3 is 29.9 Å². The minimum atomic E-state index is -2.95. The molecule has 4 N–H and O–H groups in total. The second-order valence-electron chi connectivity index (χ2n) is 13.9. The van der Waals surface area contributed by atoms with Crippen molar-refractivity contribution in [2.45, 2.75) is 204 Å². The highest BCUT2D eigenvalue weighted by atomic mass is 16.6. The van der Waals surface area contributed by atoms with Crippen molar-refractivity contribution in [3.63, 3.8) is 0 Å². The van der Waals surface area contributed by atoms with Gasteiger partial charge in [-0.2, -0.15) is 0 Å². The molecule has 2 aliphatic rings. The number of ether oxygens (including phenoxy) is 2. The van der Waals surface area contributed by atoms with Crippen LogP contribution >= 0.6 is 0 Å². The molecule has 45 heavy (non-hydrogen) atoms. The van der Waals surface area contributed by atoms with Crippen LogP contribution in [0.15, 0.2) is 0 Å². The van der Waals surface area contributed by atoms with Crippen LogP contribution in [0, 0.1) is 5.41 Å². The van der Waals surface area contributed by atoms with Crippen LogP contribution in [-0.4, -0.2) is 68.4 Å². The molecule has 2 rings (SSSR count). The van der Waals surface area contributed by atoms with Crippen molar-refractivity contribution >= 4 is 17.9 Å². The lowest BCUT2D eigenvalue weighted by molar-refractivity contribution is -0.196. The van der Waals surface area contributed by atoms with Gasteiger partial charge in [0.2, 0.25) is 0 Å². The lowest BCUT2D eigenvalue weighted by atomic mass is 9.64. The van der Waals surface area contributed by atoms with Crippen molar-refractivity contribution in [3.05, 3.63) is 0 Å². The second kappa shape index (κ2) is 21.2. The van der Waals surface area contributed by atoms with Gasteiger partial charge in [-0.1, -0.05) is 129 Å². The van der Waals surface area contributed by atoms with Gasteiger partial charge in [-0.15, -0.1) is 0 Å². The van der Waals surface area contributed by atoms with Gasteiger partial charge in [0.1, 0.15) is 5.41 Å². The monoisotopic (exact) mass is 640 g/mol. The van der Waals surface area contributed by atoms with E-state index in [2.05, 4.69) is 13.8 Å². The summed E-state index contributed by atoms with van der Waals surface area (Å²) >= 11 is 0. The molecular weight excluding hydrogens is 576 g/mol. The summed E-state index contributed by atoms with van der Waals surface area (Å²) in [5, 5.41) is 41.1. The summed E-state index contributed by atoms with van der Waals surface area (Å²) in [4.78, 5) is 36.8. The average molecular weight is 641 g/mol. The number of carboxylic acid groups (broad SMARTS) is 3. The van der Waals surface area contributed by atoms with E-state index in [-0.39, 0.29) is 50.1 Å². The van der Waals surface area contributed by atoms with Crippen LogP contribution in [0.1, 0.15) is 174 Å². The molecule has 2 heterocycles. The van der Waals surface area contributed by atoms with Gasteiger partial charge in [0.25, 0.3) is 0 Å². The third-order valence-corrected chi connectivity index (χ3v) is 10.2. The summed E-state index contributed by atoms with van der Waals surface area (Å²) in [5.74, 6) is -4.86. The molecule has 0 amide bonds. The third kappa shape index (κ3) is 13.9. The van der Waals surface area contributed by atoms with Gasteiger partial charge >= 0.3 is 17.9 Å². The number of unbranched alkanes of at least 4 members (excludes halogenated alkanes) is 16. The van der Waals surface area contributed by atoms with Crippen LogP contribution in [0.5, 0.6) is 0 Å². The van der Waals surface area contributed by atoms with Crippen LogP contribution in [0.3, 0.4) is 0 Å². The molecule has 2 aliphatic heterocycles. The van der Waals surface area contributed by atoms with Crippen molar-refractivity contribution in [2.75, 3.05) is 0 Å². The third-order valence-electron chi connectivity index (χ3n) is 10.2. The Morgan fingerprint density at radius 3 is 1.16 bits per heavy atom. The van der Waals surface area contributed by atoms with Crippen molar-refractivity contribution in [3.8, 4) is 0 Å². The zero-order valence-electron chi connectivity index (χ0n) is 28.3.